The van der Waals surface area contributed by atoms with E-state index in [0.29, 0.717) is 6.42 Å². The van der Waals surface area contributed by atoms with Crippen LogP contribution in [0.2, 0.25) is 0 Å². The first-order valence-corrected chi connectivity index (χ1v) is 16.8. The molecule has 2 heterocycles. The highest BCUT2D eigenvalue weighted by molar-refractivity contribution is 5.76. The molecule has 2 rings (SSSR count). The summed E-state index contributed by atoms with van der Waals surface area (Å²) < 4.78 is 52.7. The van der Waals surface area contributed by atoms with E-state index in [1.165, 1.54) is 20.9 Å². The van der Waals surface area contributed by atoms with Crippen LogP contribution in [0.5, 0.6) is 0 Å². The maximum absolute atomic E-state index is 12.5. The summed E-state index contributed by atoms with van der Waals surface area (Å²) in [5.74, 6) is -4.01. The second kappa shape index (κ2) is 20.4. The summed E-state index contributed by atoms with van der Waals surface area (Å²) in [6.45, 7) is 11.0. The van der Waals surface area contributed by atoms with Gasteiger partial charge in [0, 0.05) is 41.7 Å². The predicted octanol–water partition coefficient (Wildman–Crippen LogP) is 2.40. The number of carbonyl (C=O) groups is 6. The monoisotopic (exact) mass is 703 g/mol. The Morgan fingerprint density at radius 1 is 0.592 bits per heavy atom. The van der Waals surface area contributed by atoms with Crippen LogP contribution in [-0.4, -0.2) is 110 Å². The number of carbonyl (C=O) groups excluding carboxylic acids is 6. The lowest BCUT2D eigenvalue weighted by atomic mass is 9.96. The summed E-state index contributed by atoms with van der Waals surface area (Å²) in [4.78, 5) is 73.7. The zero-order valence-corrected chi connectivity index (χ0v) is 29.9. The van der Waals surface area contributed by atoms with Crippen LogP contribution in [0, 0.1) is 0 Å². The molecule has 0 bridgehead atoms. The molecule has 0 saturated carbocycles. The summed E-state index contributed by atoms with van der Waals surface area (Å²) in [6, 6.07) is 0. The molecule has 2 aliphatic rings. The van der Waals surface area contributed by atoms with Gasteiger partial charge in [0.15, 0.2) is 49.2 Å². The molecule has 2 aliphatic heterocycles. The van der Waals surface area contributed by atoms with Gasteiger partial charge in [-0.25, -0.2) is 0 Å². The fraction of sp³-hybridized carbons (Fsp3) is 0.818. The lowest BCUT2D eigenvalue weighted by Crippen LogP contribution is -2.66. The molecule has 1 N–H and O–H groups in total. The molecule has 0 radical (unpaired) electrons. The van der Waals surface area contributed by atoms with Crippen LogP contribution in [0.4, 0.5) is 0 Å². The first-order valence-electron chi connectivity index (χ1n) is 16.8. The Hall–Kier alpha value is -3.34. The van der Waals surface area contributed by atoms with Crippen LogP contribution in [-0.2, 0) is 71.4 Å². The molecule has 16 nitrogen and oxygen atoms in total. The molecular weight excluding hydrogens is 650 g/mol. The number of amides is 1. The summed E-state index contributed by atoms with van der Waals surface area (Å²) >= 11 is 0. The average molecular weight is 704 g/mol. The Kier molecular flexibility index (Phi) is 17.4. The van der Waals surface area contributed by atoms with Gasteiger partial charge in [-0.15, -0.1) is 0 Å². The highest BCUT2D eigenvalue weighted by Crippen LogP contribution is 2.36. The first kappa shape index (κ1) is 41.8. The van der Waals surface area contributed by atoms with E-state index in [4.69, 9.17) is 42.6 Å². The SMILES string of the molecule is CCCCCCCC(CC(=O)NC)O[C@@H]1O[C@@H](C)[C@H](OC(C)=O)[C@@H](OC(C)=O)[C@H]1O[C@@H]1O[C@H](C)C(OC(C)=O)[C@@H](OC(C)=O)[C@H]1OC(C)=O. The molecule has 49 heavy (non-hydrogen) atoms. The van der Waals surface area contributed by atoms with Gasteiger partial charge in [-0.3, -0.25) is 28.8 Å². The van der Waals surface area contributed by atoms with Gasteiger partial charge in [0.1, 0.15) is 0 Å². The number of unbranched alkanes of at least 4 members (excludes halogenated alkanes) is 4. The van der Waals surface area contributed by atoms with Crippen molar-refractivity contribution in [1.82, 2.24) is 5.32 Å². The molecule has 0 spiro atoms. The van der Waals surface area contributed by atoms with Gasteiger partial charge in [0.2, 0.25) is 5.91 Å². The van der Waals surface area contributed by atoms with Gasteiger partial charge in [-0.1, -0.05) is 39.0 Å². The van der Waals surface area contributed by atoms with Crippen LogP contribution >= 0.6 is 0 Å². The zero-order chi connectivity index (χ0) is 36.8. The minimum absolute atomic E-state index is 0.0253. The fourth-order valence-electron chi connectivity index (χ4n) is 5.83. The number of esters is 5. The van der Waals surface area contributed by atoms with E-state index in [1.54, 1.807) is 6.92 Å². The van der Waals surface area contributed by atoms with Gasteiger partial charge in [-0.2, -0.15) is 0 Å². The maximum Gasteiger partial charge on any atom is 0.303 e. The van der Waals surface area contributed by atoms with Crippen molar-refractivity contribution in [3.05, 3.63) is 0 Å². The minimum atomic E-state index is -1.55. The van der Waals surface area contributed by atoms with Gasteiger partial charge < -0.3 is 47.9 Å². The van der Waals surface area contributed by atoms with Crippen molar-refractivity contribution in [3.8, 4) is 0 Å². The minimum Gasteiger partial charge on any atom is -0.456 e. The number of hydrogen-bond donors (Lipinski definition) is 1. The lowest BCUT2D eigenvalue weighted by Gasteiger charge is -2.48. The summed E-state index contributed by atoms with van der Waals surface area (Å²) in [5.41, 5.74) is 0. The quantitative estimate of drug-likeness (QED) is 0.132. The largest absolute Gasteiger partial charge is 0.456 e. The molecular formula is C33H53NO15. The number of nitrogens with one attached hydrogen (secondary N) is 1. The second-order valence-electron chi connectivity index (χ2n) is 12.2. The van der Waals surface area contributed by atoms with E-state index >= 15 is 0 Å². The van der Waals surface area contributed by atoms with Crippen molar-refractivity contribution in [3.63, 3.8) is 0 Å². The molecule has 2 unspecified atom stereocenters. The summed E-state index contributed by atoms with van der Waals surface area (Å²) in [6.07, 6.45) is -8.25. The van der Waals surface area contributed by atoms with E-state index in [9.17, 15) is 28.8 Å². The van der Waals surface area contributed by atoms with E-state index in [-0.39, 0.29) is 12.3 Å². The normalized spacial score (nSPS) is 30.3. The van der Waals surface area contributed by atoms with Crippen LogP contribution < -0.4 is 5.32 Å². The average Bonchev–Trinajstić information content (AvgIpc) is 2.99. The highest BCUT2D eigenvalue weighted by atomic mass is 16.8. The summed E-state index contributed by atoms with van der Waals surface area (Å²) in [5, 5.41) is 2.60. The highest BCUT2D eigenvalue weighted by Gasteiger charge is 2.56. The molecule has 0 aliphatic carbocycles. The molecule has 11 atom stereocenters. The molecule has 0 aromatic rings. The molecule has 2 fully saturated rings. The summed E-state index contributed by atoms with van der Waals surface area (Å²) in [7, 11) is 1.51. The zero-order valence-electron chi connectivity index (χ0n) is 29.9. The van der Waals surface area contributed by atoms with Crippen molar-refractivity contribution in [2.24, 2.45) is 0 Å². The third kappa shape index (κ3) is 13.5. The van der Waals surface area contributed by atoms with Crippen molar-refractivity contribution in [2.75, 3.05) is 7.05 Å². The van der Waals surface area contributed by atoms with Crippen molar-refractivity contribution in [2.45, 2.75) is 168 Å². The lowest BCUT2D eigenvalue weighted by molar-refractivity contribution is -0.367. The van der Waals surface area contributed by atoms with E-state index in [1.807, 2.05) is 0 Å². The fourth-order valence-corrected chi connectivity index (χ4v) is 5.83. The van der Waals surface area contributed by atoms with Crippen LogP contribution in [0.1, 0.15) is 100 Å². The molecule has 2 saturated heterocycles. The third-order valence-electron chi connectivity index (χ3n) is 7.90. The maximum atomic E-state index is 12.5. The smallest absolute Gasteiger partial charge is 0.303 e. The standard InChI is InChI=1S/C33H53NO15/c1-10-11-12-13-14-15-24(16-25(40)34-9)48-32-31(29(46-22(7)38)27(17(2)41-32)44-20(5)36)49-33-30(47-23(8)39)28(45-21(6)37)26(18(3)42-33)43-19(4)35/h17-18,24,26-33H,10-16H2,1-9H3,(H,34,40)/t17-,18+,24?,26?,27-,28+,29+,30+,31+,32-,33-/m0/s1. The van der Waals surface area contributed by atoms with Crippen LogP contribution in [0.15, 0.2) is 0 Å². The van der Waals surface area contributed by atoms with Crippen LogP contribution in [0.25, 0.3) is 0 Å². The second-order valence-corrected chi connectivity index (χ2v) is 12.2. The Balaban J connectivity index is 2.61. The van der Waals surface area contributed by atoms with Crippen LogP contribution in [0.3, 0.4) is 0 Å². The number of hydrogen-bond acceptors (Lipinski definition) is 15. The third-order valence-corrected chi connectivity index (χ3v) is 7.90. The van der Waals surface area contributed by atoms with E-state index in [0.717, 1.165) is 59.8 Å². The molecule has 0 aromatic carbocycles. The first-order chi connectivity index (χ1) is 23.1. The molecule has 16 heteroatoms. The van der Waals surface area contributed by atoms with Gasteiger partial charge in [-0.05, 0) is 20.3 Å². The molecule has 280 valence electrons. The van der Waals surface area contributed by atoms with Crippen molar-refractivity contribution in [1.29, 1.82) is 0 Å². The Bertz CT molecular complexity index is 1130. The van der Waals surface area contributed by atoms with Gasteiger partial charge in [0.05, 0.1) is 24.7 Å². The Morgan fingerprint density at radius 3 is 1.49 bits per heavy atom. The van der Waals surface area contributed by atoms with Gasteiger partial charge >= 0.3 is 29.8 Å². The van der Waals surface area contributed by atoms with Gasteiger partial charge in [0.25, 0.3) is 0 Å². The van der Waals surface area contributed by atoms with E-state index < -0.39 is 97.4 Å². The number of rotatable bonds is 17. The topological polar surface area (TPSA) is 198 Å². The number of ether oxygens (including phenoxy) is 9. The molecule has 0 aromatic heterocycles. The van der Waals surface area contributed by atoms with Crippen molar-refractivity contribution >= 4 is 35.8 Å². The van der Waals surface area contributed by atoms with Crippen molar-refractivity contribution < 1.29 is 71.4 Å². The predicted molar refractivity (Wildman–Crippen MR) is 168 cm³/mol. The Labute approximate surface area is 287 Å². The Morgan fingerprint density at radius 2 is 1.02 bits per heavy atom. The molecule has 1 amide bonds. The van der Waals surface area contributed by atoms with E-state index in [2.05, 4.69) is 12.2 Å².